The molecule has 364 valence electrons. The maximum atomic E-state index is 12.8. The second-order valence-electron chi connectivity index (χ2n) is 17.0. The highest BCUT2D eigenvalue weighted by Crippen LogP contribution is 2.15. The van der Waals surface area contributed by atoms with E-state index in [2.05, 4.69) is 130 Å². The van der Waals surface area contributed by atoms with Gasteiger partial charge in [0.25, 0.3) is 0 Å². The number of esters is 2. The van der Waals surface area contributed by atoms with E-state index < -0.39 is 6.10 Å². The summed E-state index contributed by atoms with van der Waals surface area (Å²) < 4.78 is 17.3. The molecule has 0 saturated heterocycles. The number of rotatable bonds is 47. The summed E-state index contributed by atoms with van der Waals surface area (Å²) in [5.41, 5.74) is 0. The van der Waals surface area contributed by atoms with Gasteiger partial charge in [-0.2, -0.15) is 0 Å². The molecule has 64 heavy (non-hydrogen) atoms. The summed E-state index contributed by atoms with van der Waals surface area (Å²) in [4.78, 5) is 25.4. The number of ether oxygens (including phenoxy) is 3. The van der Waals surface area contributed by atoms with Crippen molar-refractivity contribution in [3.05, 3.63) is 109 Å². The van der Waals surface area contributed by atoms with E-state index in [4.69, 9.17) is 14.2 Å². The van der Waals surface area contributed by atoms with Gasteiger partial charge in [0.2, 0.25) is 0 Å². The van der Waals surface area contributed by atoms with Gasteiger partial charge in [-0.25, -0.2) is 0 Å². The van der Waals surface area contributed by atoms with Crippen LogP contribution in [0.2, 0.25) is 0 Å². The van der Waals surface area contributed by atoms with E-state index in [1.54, 1.807) is 0 Å². The Morgan fingerprint density at radius 2 is 0.703 bits per heavy atom. The summed E-state index contributed by atoms with van der Waals surface area (Å²) in [6.45, 7) is 7.46. The molecule has 0 rings (SSSR count). The first-order valence-electron chi connectivity index (χ1n) is 26.4. The zero-order valence-electron chi connectivity index (χ0n) is 41.8. The van der Waals surface area contributed by atoms with Crippen molar-refractivity contribution in [2.45, 2.75) is 232 Å². The first-order valence-corrected chi connectivity index (χ1v) is 26.4. The van der Waals surface area contributed by atoms with E-state index in [0.717, 1.165) is 116 Å². The molecular formula is C59H98O5. The maximum absolute atomic E-state index is 12.8. The van der Waals surface area contributed by atoms with Crippen molar-refractivity contribution < 1.29 is 23.8 Å². The zero-order valence-corrected chi connectivity index (χ0v) is 41.8. The lowest BCUT2D eigenvalue weighted by Gasteiger charge is -2.18. The van der Waals surface area contributed by atoms with Gasteiger partial charge in [0.1, 0.15) is 6.61 Å². The molecule has 0 spiro atoms. The summed E-state index contributed by atoms with van der Waals surface area (Å²) in [5, 5.41) is 0. The van der Waals surface area contributed by atoms with Crippen LogP contribution in [0.5, 0.6) is 0 Å². The van der Waals surface area contributed by atoms with Crippen molar-refractivity contribution in [2.75, 3.05) is 19.8 Å². The molecule has 0 heterocycles. The second kappa shape index (κ2) is 53.9. The predicted octanol–water partition coefficient (Wildman–Crippen LogP) is 18.0. The van der Waals surface area contributed by atoms with E-state index in [0.29, 0.717) is 19.4 Å². The van der Waals surface area contributed by atoms with Crippen LogP contribution in [0.1, 0.15) is 226 Å². The highest BCUT2D eigenvalue weighted by atomic mass is 16.6. The fourth-order valence-corrected chi connectivity index (χ4v) is 6.94. The van der Waals surface area contributed by atoms with Gasteiger partial charge in [-0.15, -0.1) is 0 Å². The van der Waals surface area contributed by atoms with Crippen molar-refractivity contribution in [3.8, 4) is 0 Å². The van der Waals surface area contributed by atoms with E-state index >= 15 is 0 Å². The summed E-state index contributed by atoms with van der Waals surface area (Å²) >= 11 is 0. The van der Waals surface area contributed by atoms with Crippen LogP contribution in [0.3, 0.4) is 0 Å². The average Bonchev–Trinajstić information content (AvgIpc) is 3.30. The monoisotopic (exact) mass is 887 g/mol. The van der Waals surface area contributed by atoms with Gasteiger partial charge >= 0.3 is 11.9 Å². The molecule has 0 aliphatic rings. The molecule has 1 unspecified atom stereocenters. The highest BCUT2D eigenvalue weighted by Gasteiger charge is 2.17. The topological polar surface area (TPSA) is 61.8 Å². The molecule has 0 aliphatic heterocycles. The Balaban J connectivity index is 4.43. The van der Waals surface area contributed by atoms with Crippen molar-refractivity contribution in [3.63, 3.8) is 0 Å². The van der Waals surface area contributed by atoms with Crippen LogP contribution in [0, 0.1) is 0 Å². The number of carbonyl (C=O) groups is 2. The van der Waals surface area contributed by atoms with Crippen molar-refractivity contribution in [2.24, 2.45) is 0 Å². The number of carbonyl (C=O) groups excluding carboxylic acids is 2. The van der Waals surface area contributed by atoms with Crippen molar-refractivity contribution >= 4 is 11.9 Å². The highest BCUT2D eigenvalue weighted by molar-refractivity contribution is 5.70. The minimum atomic E-state index is -0.580. The molecule has 0 amide bonds. The molecule has 0 aliphatic carbocycles. The Morgan fingerprint density at radius 3 is 1.12 bits per heavy atom. The van der Waals surface area contributed by atoms with Crippen LogP contribution in [0.15, 0.2) is 109 Å². The fourth-order valence-electron chi connectivity index (χ4n) is 6.94. The third-order valence-corrected chi connectivity index (χ3v) is 10.8. The summed E-state index contributed by atoms with van der Waals surface area (Å²) in [5.74, 6) is -0.471. The molecular weight excluding hydrogens is 789 g/mol. The standard InChI is InChI=1S/C59H98O5/c1-4-7-10-13-16-19-22-25-28-29-30-33-36-39-42-45-48-51-54-62-55-57(64-59(61)53-50-47-44-41-38-35-32-27-24-21-18-15-12-9-6-3)56-63-58(60)52-49-46-43-40-37-34-31-26-23-20-17-14-11-8-5-2/h7-8,10-11,16-17,19-20,25-26,28,30-31,33,37,39-40,42,57H,4-6,9,12-15,18,21-24,27,29,32,34-36,38,41,43-56H2,1-3H3/b10-7-,11-8-,19-16-,20-17-,28-25-,31-26-,33-30-,40-37-,42-39-. The van der Waals surface area contributed by atoms with Crippen LogP contribution < -0.4 is 0 Å². The molecule has 0 N–H and O–H groups in total. The molecule has 0 fully saturated rings. The second-order valence-corrected chi connectivity index (χ2v) is 17.0. The quantitative estimate of drug-likeness (QED) is 0.0346. The number of hydrogen-bond donors (Lipinski definition) is 0. The van der Waals surface area contributed by atoms with Gasteiger partial charge in [-0.05, 0) is 103 Å². The van der Waals surface area contributed by atoms with E-state index in [-0.39, 0.29) is 25.2 Å². The third kappa shape index (κ3) is 51.2. The van der Waals surface area contributed by atoms with E-state index in [1.807, 2.05) is 0 Å². The van der Waals surface area contributed by atoms with Crippen LogP contribution in [-0.4, -0.2) is 37.9 Å². The molecule has 0 saturated carbocycles. The SMILES string of the molecule is CC/C=C\C/C=C\C/C=C\C/C=C\C/C=C\CCCCOCC(COC(=O)CCCC/C=C\C/C=C\C/C=C\C/C=C\CC)OC(=O)CCCCCCCCCCCCCCCCC. The Morgan fingerprint density at radius 1 is 0.359 bits per heavy atom. The first kappa shape index (κ1) is 60.6. The van der Waals surface area contributed by atoms with Crippen LogP contribution in [-0.2, 0) is 23.8 Å². The van der Waals surface area contributed by atoms with Crippen molar-refractivity contribution in [1.82, 2.24) is 0 Å². The Bertz CT molecular complexity index is 1280. The molecule has 0 aromatic rings. The lowest BCUT2D eigenvalue weighted by Crippen LogP contribution is -2.30. The van der Waals surface area contributed by atoms with Gasteiger partial charge in [0, 0.05) is 19.4 Å². The Kier molecular flexibility index (Phi) is 51.0. The number of unbranched alkanes of at least 4 members (excludes halogenated alkanes) is 18. The molecule has 5 heteroatoms. The fraction of sp³-hybridized carbons (Fsp3) is 0.661. The minimum absolute atomic E-state index is 0.0420. The van der Waals surface area contributed by atoms with Crippen LogP contribution in [0.25, 0.3) is 0 Å². The Hall–Kier alpha value is -3.44. The molecule has 0 aromatic heterocycles. The minimum Gasteiger partial charge on any atom is -0.462 e. The lowest BCUT2D eigenvalue weighted by atomic mass is 10.0. The van der Waals surface area contributed by atoms with Gasteiger partial charge in [-0.3, -0.25) is 9.59 Å². The van der Waals surface area contributed by atoms with Crippen molar-refractivity contribution in [1.29, 1.82) is 0 Å². The largest absolute Gasteiger partial charge is 0.462 e. The third-order valence-electron chi connectivity index (χ3n) is 10.8. The summed E-state index contributed by atoms with van der Waals surface area (Å²) in [7, 11) is 0. The molecule has 5 nitrogen and oxygen atoms in total. The zero-order chi connectivity index (χ0) is 46.3. The van der Waals surface area contributed by atoms with E-state index in [9.17, 15) is 9.59 Å². The van der Waals surface area contributed by atoms with Gasteiger partial charge in [0.05, 0.1) is 6.61 Å². The predicted molar refractivity (Wildman–Crippen MR) is 279 cm³/mol. The van der Waals surface area contributed by atoms with E-state index in [1.165, 1.54) is 77.0 Å². The maximum Gasteiger partial charge on any atom is 0.306 e. The normalized spacial score (nSPS) is 13.1. The smallest absolute Gasteiger partial charge is 0.306 e. The van der Waals surface area contributed by atoms with Crippen LogP contribution >= 0.6 is 0 Å². The molecule has 0 radical (unpaired) electrons. The summed E-state index contributed by atoms with van der Waals surface area (Å²) in [6, 6.07) is 0. The van der Waals surface area contributed by atoms with Gasteiger partial charge in [-0.1, -0.05) is 220 Å². The molecule has 0 aromatic carbocycles. The van der Waals surface area contributed by atoms with Gasteiger partial charge in [0.15, 0.2) is 6.10 Å². The Labute approximate surface area is 395 Å². The number of hydrogen-bond acceptors (Lipinski definition) is 5. The first-order chi connectivity index (χ1) is 31.6. The molecule has 1 atom stereocenters. The summed E-state index contributed by atoms with van der Waals surface area (Å²) in [6.07, 6.45) is 73.9. The van der Waals surface area contributed by atoms with Crippen LogP contribution in [0.4, 0.5) is 0 Å². The average molecular weight is 887 g/mol. The molecule has 0 bridgehead atoms. The lowest BCUT2D eigenvalue weighted by molar-refractivity contribution is -0.163. The number of allylic oxidation sites excluding steroid dienone is 18. The van der Waals surface area contributed by atoms with Gasteiger partial charge < -0.3 is 14.2 Å².